The molecular formula is C20H27BrFN3O2. The molecule has 0 aliphatic carbocycles. The summed E-state index contributed by atoms with van der Waals surface area (Å²) >= 11 is 3.29. The Bertz CT molecular complexity index is 727. The molecule has 2 fully saturated rings. The highest BCUT2D eigenvalue weighted by Gasteiger charge is 2.45. The number of fused-ring (bicyclic) bond motifs is 1. The monoisotopic (exact) mass is 439 g/mol. The predicted octanol–water partition coefficient (Wildman–Crippen LogP) is 2.92. The number of nitrogens with zero attached hydrogens (tertiary/aromatic N) is 2. The summed E-state index contributed by atoms with van der Waals surface area (Å²) < 4.78 is 15.1. The number of rotatable bonds is 5. The van der Waals surface area contributed by atoms with Crippen LogP contribution in [0.2, 0.25) is 0 Å². The van der Waals surface area contributed by atoms with E-state index in [1.165, 1.54) is 13.0 Å². The van der Waals surface area contributed by atoms with Crippen molar-refractivity contribution in [2.45, 2.75) is 58.3 Å². The van der Waals surface area contributed by atoms with Gasteiger partial charge in [0, 0.05) is 48.7 Å². The second-order valence-corrected chi connectivity index (χ2v) is 9.00. The van der Waals surface area contributed by atoms with Crippen LogP contribution < -0.4 is 5.32 Å². The van der Waals surface area contributed by atoms with E-state index in [2.05, 4.69) is 40.0 Å². The van der Waals surface area contributed by atoms with Crippen LogP contribution in [0.3, 0.4) is 0 Å². The molecule has 0 spiro atoms. The Morgan fingerprint density at radius 3 is 2.74 bits per heavy atom. The first-order valence-electron chi connectivity index (χ1n) is 9.50. The van der Waals surface area contributed by atoms with Gasteiger partial charge in [-0.3, -0.25) is 14.5 Å². The van der Waals surface area contributed by atoms with E-state index in [0.29, 0.717) is 35.6 Å². The minimum absolute atomic E-state index is 0.000478. The van der Waals surface area contributed by atoms with Gasteiger partial charge in [0.15, 0.2) is 0 Å². The Kier molecular flexibility index (Phi) is 6.21. The van der Waals surface area contributed by atoms with Crippen molar-refractivity contribution < 1.29 is 14.0 Å². The summed E-state index contributed by atoms with van der Waals surface area (Å²) in [5.41, 5.74) is 0.601. The fraction of sp³-hybridized carbons (Fsp3) is 0.600. The molecule has 0 unspecified atom stereocenters. The minimum Gasteiger partial charge on any atom is -0.352 e. The number of carbonyl (C=O) groups is 2. The van der Waals surface area contributed by atoms with E-state index in [4.69, 9.17) is 0 Å². The summed E-state index contributed by atoms with van der Waals surface area (Å²) in [6, 6.07) is 4.89. The molecule has 2 amide bonds. The molecular weight excluding hydrogens is 413 g/mol. The lowest BCUT2D eigenvalue weighted by Crippen LogP contribution is -2.59. The first-order valence-corrected chi connectivity index (χ1v) is 10.3. The predicted molar refractivity (Wildman–Crippen MR) is 105 cm³/mol. The van der Waals surface area contributed by atoms with E-state index in [1.54, 1.807) is 6.07 Å². The van der Waals surface area contributed by atoms with Gasteiger partial charge in [-0.25, -0.2) is 4.39 Å². The van der Waals surface area contributed by atoms with Crippen LogP contribution in [0.1, 0.15) is 39.2 Å². The molecule has 2 aliphatic heterocycles. The fourth-order valence-corrected chi connectivity index (χ4v) is 4.57. The highest BCUT2D eigenvalue weighted by Crippen LogP contribution is 2.30. The van der Waals surface area contributed by atoms with Crippen molar-refractivity contribution in [3.63, 3.8) is 0 Å². The van der Waals surface area contributed by atoms with Crippen molar-refractivity contribution >= 4 is 27.7 Å². The van der Waals surface area contributed by atoms with Crippen LogP contribution in [0.15, 0.2) is 22.7 Å². The average Bonchev–Trinajstić information content (AvgIpc) is 2.95. The largest absolute Gasteiger partial charge is 0.352 e. The summed E-state index contributed by atoms with van der Waals surface area (Å²) in [4.78, 5) is 28.6. The van der Waals surface area contributed by atoms with Crippen LogP contribution in [0.4, 0.5) is 4.39 Å². The molecule has 148 valence electrons. The van der Waals surface area contributed by atoms with Crippen LogP contribution in [0.25, 0.3) is 0 Å². The maximum Gasteiger partial charge on any atom is 0.240 e. The number of benzene rings is 1. The lowest BCUT2D eigenvalue weighted by molar-refractivity contribution is -0.145. The van der Waals surface area contributed by atoms with Gasteiger partial charge in [-0.2, -0.15) is 0 Å². The van der Waals surface area contributed by atoms with Crippen molar-refractivity contribution in [2.75, 3.05) is 13.1 Å². The van der Waals surface area contributed by atoms with Crippen molar-refractivity contribution in [1.29, 1.82) is 0 Å². The van der Waals surface area contributed by atoms with Gasteiger partial charge in [0.05, 0.1) is 6.04 Å². The number of halogens is 2. The lowest BCUT2D eigenvalue weighted by atomic mass is 9.96. The smallest absolute Gasteiger partial charge is 0.240 e. The number of hydrogen-bond donors (Lipinski definition) is 1. The zero-order chi connectivity index (χ0) is 19.7. The Morgan fingerprint density at radius 1 is 1.37 bits per heavy atom. The van der Waals surface area contributed by atoms with E-state index in [9.17, 15) is 14.0 Å². The maximum absolute atomic E-state index is 14.4. The molecule has 0 radical (unpaired) electrons. The molecule has 0 saturated carbocycles. The molecule has 3 atom stereocenters. The van der Waals surface area contributed by atoms with E-state index in [-0.39, 0.29) is 35.8 Å². The summed E-state index contributed by atoms with van der Waals surface area (Å²) in [7, 11) is 0. The number of nitrogens with one attached hydrogen (secondary N) is 1. The van der Waals surface area contributed by atoms with Crippen LogP contribution in [-0.4, -0.2) is 52.8 Å². The first-order chi connectivity index (χ1) is 12.7. The normalized spacial score (nSPS) is 25.8. The molecule has 1 aromatic rings. The third-order valence-corrected chi connectivity index (χ3v) is 5.85. The highest BCUT2D eigenvalue weighted by atomic mass is 79.9. The summed E-state index contributed by atoms with van der Waals surface area (Å²) in [6.45, 7) is 7.39. The zero-order valence-electron chi connectivity index (χ0n) is 16.0. The highest BCUT2D eigenvalue weighted by molar-refractivity contribution is 9.10. The number of piperazine rings is 1. The van der Waals surface area contributed by atoms with Gasteiger partial charge < -0.3 is 10.2 Å². The summed E-state index contributed by atoms with van der Waals surface area (Å²) in [6.07, 6.45) is 1.49. The van der Waals surface area contributed by atoms with Crippen molar-refractivity contribution in [2.24, 2.45) is 5.92 Å². The van der Waals surface area contributed by atoms with Crippen molar-refractivity contribution in [3.05, 3.63) is 34.1 Å². The molecule has 1 aromatic carbocycles. The second-order valence-electron chi connectivity index (χ2n) is 8.09. The van der Waals surface area contributed by atoms with Crippen molar-refractivity contribution in [1.82, 2.24) is 15.1 Å². The molecule has 27 heavy (non-hydrogen) atoms. The molecule has 2 saturated heterocycles. The average molecular weight is 440 g/mol. The molecule has 5 nitrogen and oxygen atoms in total. The minimum atomic E-state index is -0.259. The van der Waals surface area contributed by atoms with Crippen LogP contribution in [-0.2, 0) is 16.1 Å². The fourth-order valence-electron chi connectivity index (χ4n) is 4.24. The number of hydrogen-bond acceptors (Lipinski definition) is 3. The molecule has 0 aromatic heterocycles. The SMILES string of the molecule is CC(=O)N[C@H]1C[C@H]2CN(Cc3ccc(Br)cc3F)[C@@H](CC(C)C)C(=O)N2C1. The summed E-state index contributed by atoms with van der Waals surface area (Å²) in [5.74, 6) is 0.136. The van der Waals surface area contributed by atoms with Gasteiger partial charge in [-0.05, 0) is 30.9 Å². The Morgan fingerprint density at radius 2 is 2.11 bits per heavy atom. The van der Waals surface area contributed by atoms with E-state index < -0.39 is 0 Å². The van der Waals surface area contributed by atoms with Crippen LogP contribution in [0, 0.1) is 11.7 Å². The Balaban J connectivity index is 1.81. The lowest BCUT2D eigenvalue weighted by Gasteiger charge is -2.43. The van der Waals surface area contributed by atoms with Gasteiger partial charge in [0.2, 0.25) is 11.8 Å². The van der Waals surface area contributed by atoms with E-state index in [1.807, 2.05) is 11.0 Å². The zero-order valence-corrected chi connectivity index (χ0v) is 17.6. The third kappa shape index (κ3) is 4.69. The van der Waals surface area contributed by atoms with Gasteiger partial charge in [-0.1, -0.05) is 35.8 Å². The molecule has 2 heterocycles. The maximum atomic E-state index is 14.4. The second kappa shape index (κ2) is 8.27. The Labute approximate surface area is 168 Å². The quantitative estimate of drug-likeness (QED) is 0.766. The van der Waals surface area contributed by atoms with Crippen LogP contribution >= 0.6 is 15.9 Å². The molecule has 1 N–H and O–H groups in total. The number of carbonyl (C=O) groups excluding carboxylic acids is 2. The third-order valence-electron chi connectivity index (χ3n) is 5.36. The van der Waals surface area contributed by atoms with Crippen molar-refractivity contribution in [3.8, 4) is 0 Å². The first kappa shape index (κ1) is 20.3. The molecule has 0 bridgehead atoms. The van der Waals surface area contributed by atoms with E-state index >= 15 is 0 Å². The number of amides is 2. The van der Waals surface area contributed by atoms with Gasteiger partial charge >= 0.3 is 0 Å². The van der Waals surface area contributed by atoms with Gasteiger partial charge in [0.25, 0.3) is 0 Å². The van der Waals surface area contributed by atoms with Gasteiger partial charge in [-0.15, -0.1) is 0 Å². The molecule has 2 aliphatic rings. The molecule has 7 heteroatoms. The Hall–Kier alpha value is -1.47. The molecule has 3 rings (SSSR count). The van der Waals surface area contributed by atoms with Gasteiger partial charge in [0.1, 0.15) is 5.82 Å². The van der Waals surface area contributed by atoms with E-state index in [0.717, 1.165) is 12.8 Å². The standard InChI is InChI=1S/C20H27BrFN3O2/c1-12(2)6-19-20(27)25-10-16(23-13(3)26)8-17(25)11-24(19)9-14-4-5-15(21)7-18(14)22/h4-5,7,12,16-17,19H,6,8-11H2,1-3H3,(H,23,26)/t16-,17-,19-/m0/s1. The topological polar surface area (TPSA) is 52.7 Å². The van der Waals surface area contributed by atoms with Crippen LogP contribution in [0.5, 0.6) is 0 Å². The summed E-state index contributed by atoms with van der Waals surface area (Å²) in [5, 5.41) is 2.94.